The van der Waals surface area contributed by atoms with E-state index in [-0.39, 0.29) is 6.04 Å². The van der Waals surface area contributed by atoms with Crippen molar-refractivity contribution in [2.45, 2.75) is 12.5 Å². The van der Waals surface area contributed by atoms with Gasteiger partial charge in [0.05, 0.1) is 12.2 Å². The quantitative estimate of drug-likeness (QED) is 0.800. The fourth-order valence-electron chi connectivity index (χ4n) is 1.39. The zero-order valence-corrected chi connectivity index (χ0v) is 7.76. The first-order valence-electron chi connectivity index (χ1n) is 4.56. The molecule has 0 radical (unpaired) electrons. The van der Waals surface area contributed by atoms with Crippen LogP contribution in [-0.4, -0.2) is 5.16 Å². The Morgan fingerprint density at radius 1 is 1.21 bits per heavy atom. The highest BCUT2D eigenvalue weighted by atomic mass is 16.5. The van der Waals surface area contributed by atoms with E-state index in [1.807, 2.05) is 18.2 Å². The SMILES string of the molecule is NC(Cc1ccccc1)c1ccno1. The van der Waals surface area contributed by atoms with Gasteiger partial charge in [-0.1, -0.05) is 35.5 Å². The fraction of sp³-hybridized carbons (Fsp3) is 0.182. The second kappa shape index (κ2) is 4.07. The van der Waals surface area contributed by atoms with E-state index < -0.39 is 0 Å². The molecule has 1 aromatic heterocycles. The average Bonchev–Trinajstić information content (AvgIpc) is 2.72. The summed E-state index contributed by atoms with van der Waals surface area (Å²) in [5.41, 5.74) is 7.14. The number of benzene rings is 1. The number of nitrogens with zero attached hydrogens (tertiary/aromatic N) is 1. The van der Waals surface area contributed by atoms with E-state index >= 15 is 0 Å². The molecule has 0 saturated carbocycles. The van der Waals surface area contributed by atoms with Crippen LogP contribution in [0.15, 0.2) is 47.1 Å². The van der Waals surface area contributed by atoms with Crippen LogP contribution in [0.1, 0.15) is 17.4 Å². The molecule has 0 aliphatic heterocycles. The summed E-state index contributed by atoms with van der Waals surface area (Å²) in [5, 5.41) is 3.63. The lowest BCUT2D eigenvalue weighted by molar-refractivity contribution is 0.360. The molecular formula is C11H12N2O. The Kier molecular flexibility index (Phi) is 2.60. The van der Waals surface area contributed by atoms with Crippen molar-refractivity contribution in [3.05, 3.63) is 53.9 Å². The van der Waals surface area contributed by atoms with E-state index in [9.17, 15) is 0 Å². The maximum absolute atomic E-state index is 5.94. The van der Waals surface area contributed by atoms with Crippen molar-refractivity contribution in [1.82, 2.24) is 5.16 Å². The molecule has 0 aliphatic rings. The Balaban J connectivity index is 2.06. The van der Waals surface area contributed by atoms with Crippen LogP contribution < -0.4 is 5.73 Å². The Hall–Kier alpha value is -1.61. The molecule has 3 heteroatoms. The molecule has 0 bridgehead atoms. The molecule has 14 heavy (non-hydrogen) atoms. The second-order valence-electron chi connectivity index (χ2n) is 3.21. The molecule has 2 aromatic rings. The number of rotatable bonds is 3. The summed E-state index contributed by atoms with van der Waals surface area (Å²) < 4.78 is 4.99. The Morgan fingerprint density at radius 2 is 2.00 bits per heavy atom. The highest BCUT2D eigenvalue weighted by Gasteiger charge is 2.09. The van der Waals surface area contributed by atoms with Crippen molar-refractivity contribution in [3.63, 3.8) is 0 Å². The zero-order valence-electron chi connectivity index (χ0n) is 7.76. The monoisotopic (exact) mass is 188 g/mol. The summed E-state index contributed by atoms with van der Waals surface area (Å²) >= 11 is 0. The molecule has 1 heterocycles. The fourth-order valence-corrected chi connectivity index (χ4v) is 1.39. The molecule has 1 atom stereocenters. The van der Waals surface area contributed by atoms with E-state index in [0.717, 1.165) is 12.2 Å². The third kappa shape index (κ3) is 2.00. The van der Waals surface area contributed by atoms with Crippen molar-refractivity contribution < 1.29 is 4.52 Å². The first-order chi connectivity index (χ1) is 6.86. The van der Waals surface area contributed by atoms with E-state index in [1.165, 1.54) is 5.56 Å². The summed E-state index contributed by atoms with van der Waals surface area (Å²) in [4.78, 5) is 0. The van der Waals surface area contributed by atoms with Gasteiger partial charge in [0.1, 0.15) is 0 Å². The first kappa shape index (κ1) is 8.97. The van der Waals surface area contributed by atoms with Gasteiger partial charge < -0.3 is 10.3 Å². The predicted octanol–water partition coefficient (Wildman–Crippen LogP) is 1.92. The lowest BCUT2D eigenvalue weighted by Gasteiger charge is -2.06. The van der Waals surface area contributed by atoms with E-state index in [1.54, 1.807) is 12.3 Å². The molecule has 1 unspecified atom stereocenters. The van der Waals surface area contributed by atoms with Gasteiger partial charge in [0.15, 0.2) is 5.76 Å². The number of nitrogens with two attached hydrogens (primary N) is 1. The molecule has 2 N–H and O–H groups in total. The molecule has 2 rings (SSSR count). The molecular weight excluding hydrogens is 176 g/mol. The molecule has 3 nitrogen and oxygen atoms in total. The minimum absolute atomic E-state index is 0.111. The molecule has 0 fully saturated rings. The average molecular weight is 188 g/mol. The second-order valence-corrected chi connectivity index (χ2v) is 3.21. The van der Waals surface area contributed by atoms with Gasteiger partial charge in [0.2, 0.25) is 0 Å². The van der Waals surface area contributed by atoms with Gasteiger partial charge in [0.25, 0.3) is 0 Å². The van der Waals surface area contributed by atoms with Gasteiger partial charge >= 0.3 is 0 Å². The maximum Gasteiger partial charge on any atom is 0.153 e. The van der Waals surface area contributed by atoms with Gasteiger partial charge in [-0.3, -0.25) is 0 Å². The lowest BCUT2D eigenvalue weighted by atomic mass is 10.1. The van der Waals surface area contributed by atoms with Gasteiger partial charge in [-0.15, -0.1) is 0 Å². The summed E-state index contributed by atoms with van der Waals surface area (Å²) in [7, 11) is 0. The first-order valence-corrected chi connectivity index (χ1v) is 4.56. The molecule has 0 aliphatic carbocycles. The third-order valence-electron chi connectivity index (χ3n) is 2.12. The highest BCUT2D eigenvalue weighted by molar-refractivity contribution is 5.17. The Labute approximate surface area is 82.5 Å². The van der Waals surface area contributed by atoms with Gasteiger partial charge in [-0.05, 0) is 12.0 Å². The number of hydrogen-bond donors (Lipinski definition) is 1. The topological polar surface area (TPSA) is 52.0 Å². The van der Waals surface area contributed by atoms with Crippen LogP contribution in [0.25, 0.3) is 0 Å². The summed E-state index contributed by atoms with van der Waals surface area (Å²) in [6, 6.07) is 11.8. The summed E-state index contributed by atoms with van der Waals surface area (Å²) in [6.45, 7) is 0. The number of hydrogen-bond acceptors (Lipinski definition) is 3. The van der Waals surface area contributed by atoms with E-state index in [4.69, 9.17) is 10.3 Å². The van der Waals surface area contributed by atoms with E-state index in [2.05, 4.69) is 17.3 Å². The largest absolute Gasteiger partial charge is 0.360 e. The van der Waals surface area contributed by atoms with Crippen LogP contribution in [0, 0.1) is 0 Å². The Bertz CT molecular complexity index is 369. The van der Waals surface area contributed by atoms with Crippen LogP contribution in [-0.2, 0) is 6.42 Å². The maximum atomic E-state index is 5.94. The molecule has 1 aromatic carbocycles. The van der Waals surface area contributed by atoms with Crippen molar-refractivity contribution in [3.8, 4) is 0 Å². The lowest BCUT2D eigenvalue weighted by Crippen LogP contribution is -2.12. The predicted molar refractivity (Wildman–Crippen MR) is 53.6 cm³/mol. The van der Waals surface area contributed by atoms with Crippen LogP contribution in [0.2, 0.25) is 0 Å². The van der Waals surface area contributed by atoms with Crippen LogP contribution in [0.4, 0.5) is 0 Å². The van der Waals surface area contributed by atoms with Crippen molar-refractivity contribution in [1.29, 1.82) is 0 Å². The van der Waals surface area contributed by atoms with Crippen LogP contribution >= 0.6 is 0 Å². The van der Waals surface area contributed by atoms with Gasteiger partial charge in [-0.25, -0.2) is 0 Å². The van der Waals surface area contributed by atoms with Crippen molar-refractivity contribution in [2.75, 3.05) is 0 Å². The van der Waals surface area contributed by atoms with Crippen LogP contribution in [0.5, 0.6) is 0 Å². The number of aromatic nitrogens is 1. The normalized spacial score (nSPS) is 12.6. The zero-order chi connectivity index (χ0) is 9.80. The van der Waals surface area contributed by atoms with Crippen molar-refractivity contribution >= 4 is 0 Å². The van der Waals surface area contributed by atoms with Crippen molar-refractivity contribution in [2.24, 2.45) is 5.73 Å². The molecule has 0 amide bonds. The van der Waals surface area contributed by atoms with Gasteiger partial charge in [0, 0.05) is 6.07 Å². The molecule has 0 spiro atoms. The Morgan fingerprint density at radius 3 is 2.64 bits per heavy atom. The molecule has 0 saturated heterocycles. The smallest absolute Gasteiger partial charge is 0.153 e. The third-order valence-corrected chi connectivity index (χ3v) is 2.12. The van der Waals surface area contributed by atoms with E-state index in [0.29, 0.717) is 0 Å². The van der Waals surface area contributed by atoms with Gasteiger partial charge in [-0.2, -0.15) is 0 Å². The standard InChI is InChI=1S/C11H12N2O/c12-10(11-6-7-13-14-11)8-9-4-2-1-3-5-9/h1-7,10H,8,12H2. The summed E-state index contributed by atoms with van der Waals surface area (Å²) in [5.74, 6) is 0.730. The summed E-state index contributed by atoms with van der Waals surface area (Å²) in [6.07, 6.45) is 2.39. The minimum Gasteiger partial charge on any atom is -0.360 e. The highest BCUT2D eigenvalue weighted by Crippen LogP contribution is 2.14. The van der Waals surface area contributed by atoms with Crippen LogP contribution in [0.3, 0.4) is 0 Å². The molecule has 72 valence electrons. The minimum atomic E-state index is -0.111.